The topological polar surface area (TPSA) is 41.6 Å². The highest BCUT2D eigenvalue weighted by atomic mass is 16.5. The zero-order chi connectivity index (χ0) is 22.3. The molecule has 0 aromatic heterocycles. The number of methoxy groups -OCH3 is 1. The van der Waals surface area contributed by atoms with E-state index in [1.807, 2.05) is 31.2 Å². The first-order chi connectivity index (χ1) is 15.7. The summed E-state index contributed by atoms with van der Waals surface area (Å²) in [5.74, 6) is 1.26. The molecular weight excluding hydrogens is 396 g/mol. The predicted molar refractivity (Wildman–Crippen MR) is 129 cm³/mol. The highest BCUT2D eigenvalue weighted by Gasteiger charge is 2.27. The number of fused-ring (bicyclic) bond motifs is 1. The molecule has 3 aromatic rings. The molecule has 1 heterocycles. The molecule has 0 fully saturated rings. The largest absolute Gasteiger partial charge is 0.496 e. The minimum Gasteiger partial charge on any atom is -0.496 e. The van der Waals surface area contributed by atoms with Crippen molar-refractivity contribution in [3.05, 3.63) is 101 Å². The third kappa shape index (κ3) is 5.03. The maximum atomic E-state index is 13.0. The smallest absolute Gasteiger partial charge is 0.237 e. The Kier molecular flexibility index (Phi) is 7.23. The van der Waals surface area contributed by atoms with Gasteiger partial charge in [0.15, 0.2) is 0 Å². The Morgan fingerprint density at radius 3 is 2.25 bits per heavy atom. The SMILES string of the molecule is COc1cccc2c1CN(C(C)C(=O)NCCC(c1ccccc1)c1ccccc1)CC2. The second kappa shape index (κ2) is 10.5. The molecule has 0 saturated carbocycles. The summed E-state index contributed by atoms with van der Waals surface area (Å²) in [5, 5.41) is 3.19. The van der Waals surface area contributed by atoms with Gasteiger partial charge in [0.25, 0.3) is 0 Å². The lowest BCUT2D eigenvalue weighted by atomic mass is 9.88. The summed E-state index contributed by atoms with van der Waals surface area (Å²) < 4.78 is 5.55. The van der Waals surface area contributed by atoms with Crippen LogP contribution in [0.25, 0.3) is 0 Å². The van der Waals surface area contributed by atoms with Gasteiger partial charge in [-0.3, -0.25) is 9.69 Å². The molecular formula is C28H32N2O2. The number of hydrogen-bond donors (Lipinski definition) is 1. The van der Waals surface area contributed by atoms with Crippen molar-refractivity contribution in [3.8, 4) is 5.75 Å². The number of benzene rings is 3. The lowest BCUT2D eigenvalue weighted by Crippen LogP contribution is -2.47. The maximum absolute atomic E-state index is 13.0. The number of nitrogens with one attached hydrogen (secondary N) is 1. The third-order valence-electron chi connectivity index (χ3n) is 6.54. The average molecular weight is 429 g/mol. The normalized spacial score (nSPS) is 14.6. The molecule has 1 amide bonds. The molecule has 1 aliphatic rings. The van der Waals surface area contributed by atoms with Gasteiger partial charge in [0.2, 0.25) is 5.91 Å². The summed E-state index contributed by atoms with van der Waals surface area (Å²) in [7, 11) is 1.71. The van der Waals surface area contributed by atoms with Crippen LogP contribution in [0.15, 0.2) is 78.9 Å². The summed E-state index contributed by atoms with van der Waals surface area (Å²) in [6.45, 7) is 4.27. The van der Waals surface area contributed by atoms with Crippen LogP contribution in [0.5, 0.6) is 5.75 Å². The van der Waals surface area contributed by atoms with Crippen molar-refractivity contribution in [2.75, 3.05) is 20.2 Å². The Bertz CT molecular complexity index is 966. The summed E-state index contributed by atoms with van der Waals surface area (Å²) in [6, 6.07) is 27.1. The summed E-state index contributed by atoms with van der Waals surface area (Å²) in [5.41, 5.74) is 5.08. The fraction of sp³-hybridized carbons (Fsp3) is 0.321. The van der Waals surface area contributed by atoms with Crippen molar-refractivity contribution in [3.63, 3.8) is 0 Å². The zero-order valence-electron chi connectivity index (χ0n) is 19.0. The second-order valence-electron chi connectivity index (χ2n) is 8.45. The fourth-order valence-corrected chi connectivity index (χ4v) is 4.64. The molecule has 0 spiro atoms. The molecule has 4 heteroatoms. The van der Waals surface area contributed by atoms with Gasteiger partial charge in [-0.05, 0) is 42.5 Å². The van der Waals surface area contributed by atoms with Crippen LogP contribution in [0, 0.1) is 0 Å². The van der Waals surface area contributed by atoms with Crippen LogP contribution in [-0.4, -0.2) is 37.0 Å². The molecule has 0 bridgehead atoms. The third-order valence-corrected chi connectivity index (χ3v) is 6.54. The van der Waals surface area contributed by atoms with Gasteiger partial charge in [0.05, 0.1) is 13.2 Å². The summed E-state index contributed by atoms with van der Waals surface area (Å²) in [6.07, 6.45) is 1.80. The van der Waals surface area contributed by atoms with E-state index in [9.17, 15) is 4.79 Å². The van der Waals surface area contributed by atoms with Gasteiger partial charge in [0.1, 0.15) is 5.75 Å². The lowest BCUT2D eigenvalue weighted by Gasteiger charge is -2.33. The monoisotopic (exact) mass is 428 g/mol. The zero-order valence-corrected chi connectivity index (χ0v) is 19.0. The van der Waals surface area contributed by atoms with Crippen molar-refractivity contribution in [1.29, 1.82) is 0 Å². The first kappa shape index (κ1) is 22.1. The number of carbonyl (C=O) groups is 1. The van der Waals surface area contributed by atoms with Crippen molar-refractivity contribution >= 4 is 5.91 Å². The van der Waals surface area contributed by atoms with Crippen molar-refractivity contribution in [1.82, 2.24) is 10.2 Å². The van der Waals surface area contributed by atoms with Crippen LogP contribution >= 0.6 is 0 Å². The number of nitrogens with zero attached hydrogens (tertiary/aromatic N) is 1. The van der Waals surface area contributed by atoms with E-state index in [1.54, 1.807) is 7.11 Å². The molecule has 1 unspecified atom stereocenters. The minimum atomic E-state index is -0.181. The number of carbonyl (C=O) groups excluding carboxylic acids is 1. The summed E-state index contributed by atoms with van der Waals surface area (Å²) >= 11 is 0. The van der Waals surface area contributed by atoms with Crippen LogP contribution in [0.1, 0.15) is 41.5 Å². The minimum absolute atomic E-state index is 0.0863. The van der Waals surface area contributed by atoms with Gasteiger partial charge in [-0.15, -0.1) is 0 Å². The van der Waals surface area contributed by atoms with E-state index in [0.29, 0.717) is 6.54 Å². The lowest BCUT2D eigenvalue weighted by molar-refractivity contribution is -0.126. The first-order valence-corrected chi connectivity index (χ1v) is 11.4. The number of rotatable bonds is 8. The van der Waals surface area contributed by atoms with Crippen LogP contribution < -0.4 is 10.1 Å². The van der Waals surface area contributed by atoms with E-state index in [0.717, 1.165) is 31.7 Å². The molecule has 0 radical (unpaired) electrons. The molecule has 0 saturated heterocycles. The standard InChI is InChI=1S/C28H32N2O2/c1-21(30-19-17-24-14-9-15-27(32-2)26(24)20-30)28(31)29-18-16-25(22-10-5-3-6-11-22)23-12-7-4-8-13-23/h3-15,21,25H,16-20H2,1-2H3,(H,29,31). The van der Waals surface area contributed by atoms with Crippen molar-refractivity contribution in [2.24, 2.45) is 0 Å². The second-order valence-corrected chi connectivity index (χ2v) is 8.45. The Labute approximate surface area is 191 Å². The van der Waals surface area contributed by atoms with Crippen LogP contribution in [0.2, 0.25) is 0 Å². The van der Waals surface area contributed by atoms with Gasteiger partial charge < -0.3 is 10.1 Å². The van der Waals surface area contributed by atoms with E-state index in [1.165, 1.54) is 22.3 Å². The van der Waals surface area contributed by atoms with Gasteiger partial charge in [-0.2, -0.15) is 0 Å². The Hall–Kier alpha value is -3.11. The molecule has 32 heavy (non-hydrogen) atoms. The molecule has 4 nitrogen and oxygen atoms in total. The quantitative estimate of drug-likeness (QED) is 0.561. The molecule has 3 aromatic carbocycles. The Morgan fingerprint density at radius 2 is 1.62 bits per heavy atom. The van der Waals surface area contributed by atoms with E-state index in [2.05, 4.69) is 64.8 Å². The predicted octanol–water partition coefficient (Wildman–Crippen LogP) is 4.78. The van der Waals surface area contributed by atoms with E-state index < -0.39 is 0 Å². The number of ether oxygens (including phenoxy) is 1. The fourth-order valence-electron chi connectivity index (χ4n) is 4.64. The summed E-state index contributed by atoms with van der Waals surface area (Å²) in [4.78, 5) is 15.2. The number of hydrogen-bond acceptors (Lipinski definition) is 3. The first-order valence-electron chi connectivity index (χ1n) is 11.4. The van der Waals surface area contributed by atoms with Gasteiger partial charge in [-0.1, -0.05) is 72.8 Å². The molecule has 1 N–H and O–H groups in total. The van der Waals surface area contributed by atoms with E-state index in [4.69, 9.17) is 4.74 Å². The van der Waals surface area contributed by atoms with Crippen LogP contribution in [0.3, 0.4) is 0 Å². The highest BCUT2D eigenvalue weighted by molar-refractivity contribution is 5.81. The van der Waals surface area contributed by atoms with Gasteiger partial charge in [-0.25, -0.2) is 0 Å². The number of amides is 1. The molecule has 1 aliphatic heterocycles. The molecule has 1 atom stereocenters. The van der Waals surface area contributed by atoms with Gasteiger partial charge >= 0.3 is 0 Å². The van der Waals surface area contributed by atoms with Crippen LogP contribution in [-0.2, 0) is 17.8 Å². The van der Waals surface area contributed by atoms with Crippen molar-refractivity contribution < 1.29 is 9.53 Å². The Balaban J connectivity index is 1.37. The molecule has 0 aliphatic carbocycles. The molecule has 166 valence electrons. The maximum Gasteiger partial charge on any atom is 0.237 e. The van der Waals surface area contributed by atoms with E-state index in [-0.39, 0.29) is 17.9 Å². The van der Waals surface area contributed by atoms with Crippen LogP contribution in [0.4, 0.5) is 0 Å². The molecule has 4 rings (SSSR count). The Morgan fingerprint density at radius 1 is 0.969 bits per heavy atom. The van der Waals surface area contributed by atoms with E-state index >= 15 is 0 Å². The average Bonchev–Trinajstić information content (AvgIpc) is 2.86. The van der Waals surface area contributed by atoms with Gasteiger partial charge in [0, 0.05) is 31.1 Å². The van der Waals surface area contributed by atoms with Crippen molar-refractivity contribution in [2.45, 2.75) is 38.3 Å². The highest BCUT2D eigenvalue weighted by Crippen LogP contribution is 2.29.